The number of hydrogen-bond donors (Lipinski definition) is 0. The molecule has 1 aliphatic heterocycles. The topological polar surface area (TPSA) is 65.1 Å². The van der Waals surface area contributed by atoms with Gasteiger partial charge in [0, 0.05) is 19.1 Å². The van der Waals surface area contributed by atoms with Gasteiger partial charge in [0.25, 0.3) is 0 Å². The molecule has 0 N–H and O–H groups in total. The van der Waals surface area contributed by atoms with Crippen molar-refractivity contribution < 1.29 is 23.8 Å². The first-order valence-corrected chi connectivity index (χ1v) is 11.7. The maximum absolute atomic E-state index is 13.2. The van der Waals surface area contributed by atoms with E-state index >= 15 is 0 Å². The van der Waals surface area contributed by atoms with Crippen LogP contribution in [0.1, 0.15) is 81.1 Å². The number of carbonyl (C=O) groups excluding carboxylic acids is 2. The summed E-state index contributed by atoms with van der Waals surface area (Å²) in [6, 6.07) is 0.314. The third kappa shape index (κ3) is 7.08. The van der Waals surface area contributed by atoms with Crippen molar-refractivity contribution in [1.82, 2.24) is 4.90 Å². The lowest BCUT2D eigenvalue weighted by Crippen LogP contribution is -2.59. The third-order valence-corrected chi connectivity index (χ3v) is 7.16. The molecule has 0 amide bonds. The summed E-state index contributed by atoms with van der Waals surface area (Å²) < 4.78 is 19.0. The molecule has 0 saturated carbocycles. The minimum absolute atomic E-state index is 0.0497. The van der Waals surface area contributed by atoms with Crippen LogP contribution in [0.3, 0.4) is 0 Å². The van der Waals surface area contributed by atoms with E-state index in [1.165, 1.54) is 6.92 Å². The van der Waals surface area contributed by atoms with Crippen molar-refractivity contribution in [1.29, 1.82) is 0 Å². The second-order valence-corrected chi connectivity index (χ2v) is 10.7. The SMILES string of the molecule is CC[C@H](C)C[C@@](C)(OC)[C@H](OC1OC(C)CC(N(C)C)C1C)C(C)(C)C(=O)CC(C)=O. The molecule has 0 aromatic heterocycles. The van der Waals surface area contributed by atoms with Crippen LogP contribution in [0.2, 0.25) is 0 Å². The number of hydrogen-bond acceptors (Lipinski definition) is 6. The molecule has 1 aliphatic rings. The molecule has 1 rings (SSSR count). The van der Waals surface area contributed by atoms with Gasteiger partial charge in [-0.3, -0.25) is 9.59 Å². The normalized spacial score (nSPS) is 28.8. The zero-order valence-corrected chi connectivity index (χ0v) is 21.8. The van der Waals surface area contributed by atoms with Gasteiger partial charge in [0.2, 0.25) is 0 Å². The van der Waals surface area contributed by atoms with E-state index < -0.39 is 23.4 Å². The van der Waals surface area contributed by atoms with Crippen molar-refractivity contribution in [2.75, 3.05) is 21.2 Å². The van der Waals surface area contributed by atoms with Gasteiger partial charge in [-0.1, -0.05) is 41.0 Å². The summed E-state index contributed by atoms with van der Waals surface area (Å²) in [4.78, 5) is 27.2. The van der Waals surface area contributed by atoms with Crippen LogP contribution in [0.25, 0.3) is 0 Å². The highest BCUT2D eigenvalue weighted by molar-refractivity contribution is 6.00. The number of ether oxygens (including phenoxy) is 3. The van der Waals surface area contributed by atoms with E-state index in [0.29, 0.717) is 12.0 Å². The fourth-order valence-corrected chi connectivity index (χ4v) is 4.93. The lowest BCUT2D eigenvalue weighted by atomic mass is 9.70. The first kappa shape index (κ1) is 28.2. The first-order valence-electron chi connectivity index (χ1n) is 11.7. The molecule has 1 saturated heterocycles. The van der Waals surface area contributed by atoms with Crippen molar-refractivity contribution >= 4 is 11.6 Å². The molecule has 0 bridgehead atoms. The Balaban J connectivity index is 3.38. The molecular formula is C25H47NO5. The number of rotatable bonds is 12. The maximum Gasteiger partial charge on any atom is 0.162 e. The van der Waals surface area contributed by atoms with Crippen LogP contribution >= 0.6 is 0 Å². The lowest BCUT2D eigenvalue weighted by molar-refractivity contribution is -0.289. The average molecular weight is 442 g/mol. The Morgan fingerprint density at radius 1 is 1.19 bits per heavy atom. The van der Waals surface area contributed by atoms with E-state index in [4.69, 9.17) is 14.2 Å². The molecule has 182 valence electrons. The number of Topliss-reactive ketones (excluding diaryl/α,β-unsaturated/α-hetero) is 2. The summed E-state index contributed by atoms with van der Waals surface area (Å²) in [5.74, 6) is 0.254. The Labute approximate surface area is 190 Å². The smallest absolute Gasteiger partial charge is 0.162 e. The fraction of sp³-hybridized carbons (Fsp3) is 0.920. The molecule has 0 radical (unpaired) electrons. The summed E-state index contributed by atoms with van der Waals surface area (Å²) in [7, 11) is 5.84. The van der Waals surface area contributed by atoms with E-state index in [9.17, 15) is 9.59 Å². The Morgan fingerprint density at radius 3 is 2.23 bits per heavy atom. The standard InChI is InChI=1S/C25H47NO5/c1-12-16(2)15-25(8,29-11)23(24(6,7)21(28)13-17(3)27)31-22-19(5)20(26(9)10)14-18(4)30-22/h16,18-20,22-23H,12-15H2,1-11H3/t16-,18?,19?,20?,22?,23+,25+/m0/s1. The van der Waals surface area contributed by atoms with Gasteiger partial charge in [-0.05, 0) is 53.6 Å². The molecule has 7 atom stereocenters. The molecule has 1 fully saturated rings. The highest BCUT2D eigenvalue weighted by Gasteiger charge is 2.51. The van der Waals surface area contributed by atoms with Gasteiger partial charge in [0.1, 0.15) is 17.7 Å². The molecule has 0 aromatic carbocycles. The van der Waals surface area contributed by atoms with Gasteiger partial charge in [-0.2, -0.15) is 0 Å². The maximum atomic E-state index is 13.2. The van der Waals surface area contributed by atoms with Gasteiger partial charge >= 0.3 is 0 Å². The van der Waals surface area contributed by atoms with Gasteiger partial charge in [-0.15, -0.1) is 0 Å². The van der Waals surface area contributed by atoms with Crippen LogP contribution in [-0.2, 0) is 23.8 Å². The van der Waals surface area contributed by atoms with Crippen molar-refractivity contribution in [3.63, 3.8) is 0 Å². The van der Waals surface area contributed by atoms with Crippen LogP contribution in [0.5, 0.6) is 0 Å². The second-order valence-electron chi connectivity index (χ2n) is 10.7. The third-order valence-electron chi connectivity index (χ3n) is 7.16. The van der Waals surface area contributed by atoms with Crippen molar-refractivity contribution in [3.05, 3.63) is 0 Å². The number of nitrogens with zero attached hydrogens (tertiary/aromatic N) is 1. The molecular weight excluding hydrogens is 394 g/mol. The van der Waals surface area contributed by atoms with Crippen LogP contribution in [0, 0.1) is 17.3 Å². The van der Waals surface area contributed by atoms with Crippen molar-refractivity contribution in [3.8, 4) is 0 Å². The van der Waals surface area contributed by atoms with E-state index in [1.54, 1.807) is 7.11 Å². The molecule has 1 heterocycles. The summed E-state index contributed by atoms with van der Waals surface area (Å²) >= 11 is 0. The molecule has 0 spiro atoms. The largest absolute Gasteiger partial charge is 0.376 e. The molecule has 6 nitrogen and oxygen atoms in total. The molecule has 4 unspecified atom stereocenters. The van der Waals surface area contributed by atoms with Crippen LogP contribution < -0.4 is 0 Å². The Bertz CT molecular complexity index is 605. The Kier molecular flexibility index (Phi) is 10.3. The minimum Gasteiger partial charge on any atom is -0.376 e. The van der Waals surface area contributed by atoms with Gasteiger partial charge in [-0.25, -0.2) is 0 Å². The monoisotopic (exact) mass is 441 g/mol. The van der Waals surface area contributed by atoms with Gasteiger partial charge < -0.3 is 19.1 Å². The van der Waals surface area contributed by atoms with E-state index in [-0.39, 0.29) is 30.0 Å². The number of ketones is 2. The summed E-state index contributed by atoms with van der Waals surface area (Å²) in [5.41, 5.74) is -1.62. The summed E-state index contributed by atoms with van der Waals surface area (Å²) in [6.07, 6.45) is 1.60. The van der Waals surface area contributed by atoms with E-state index in [0.717, 1.165) is 19.3 Å². The molecule has 6 heteroatoms. The number of carbonyl (C=O) groups is 2. The predicted octanol–water partition coefficient (Wildman–Crippen LogP) is 4.49. The minimum atomic E-state index is -0.915. The summed E-state index contributed by atoms with van der Waals surface area (Å²) in [6.45, 7) is 15.8. The fourth-order valence-electron chi connectivity index (χ4n) is 4.93. The average Bonchev–Trinajstić information content (AvgIpc) is 2.66. The first-order chi connectivity index (χ1) is 14.2. The van der Waals surface area contributed by atoms with Crippen LogP contribution in [-0.4, -0.2) is 67.8 Å². The van der Waals surface area contributed by atoms with Gasteiger partial charge in [0.15, 0.2) is 6.29 Å². The number of methoxy groups -OCH3 is 1. The zero-order valence-electron chi connectivity index (χ0n) is 21.8. The highest BCUT2D eigenvalue weighted by atomic mass is 16.7. The highest BCUT2D eigenvalue weighted by Crippen LogP contribution is 2.42. The second kappa shape index (κ2) is 11.4. The van der Waals surface area contributed by atoms with Gasteiger partial charge in [0.05, 0.1) is 23.5 Å². The summed E-state index contributed by atoms with van der Waals surface area (Å²) in [5, 5.41) is 0. The van der Waals surface area contributed by atoms with Crippen molar-refractivity contribution in [2.45, 2.75) is 111 Å². The van der Waals surface area contributed by atoms with E-state index in [1.807, 2.05) is 20.8 Å². The van der Waals surface area contributed by atoms with E-state index in [2.05, 4.69) is 46.7 Å². The molecule has 0 aliphatic carbocycles. The predicted molar refractivity (Wildman–Crippen MR) is 124 cm³/mol. The molecule has 31 heavy (non-hydrogen) atoms. The van der Waals surface area contributed by atoms with Crippen LogP contribution in [0.15, 0.2) is 0 Å². The Hall–Kier alpha value is -0.820. The zero-order chi connectivity index (χ0) is 24.1. The quantitative estimate of drug-likeness (QED) is 0.416. The van der Waals surface area contributed by atoms with Crippen molar-refractivity contribution in [2.24, 2.45) is 17.3 Å². The van der Waals surface area contributed by atoms with Crippen LogP contribution in [0.4, 0.5) is 0 Å². The molecule has 0 aromatic rings. The Morgan fingerprint density at radius 2 is 1.77 bits per heavy atom. The lowest BCUT2D eigenvalue weighted by Gasteiger charge is -2.49.